The molecule has 0 aliphatic heterocycles. The normalized spacial score (nSPS) is 9.55. The predicted octanol–water partition coefficient (Wildman–Crippen LogP) is 7.71. The third-order valence-corrected chi connectivity index (χ3v) is 5.56. The Morgan fingerprint density at radius 1 is 0.595 bits per heavy atom. The second kappa shape index (κ2) is 17.8. The Morgan fingerprint density at radius 2 is 1.05 bits per heavy atom. The van der Waals surface area contributed by atoms with Crippen LogP contribution in [0.15, 0.2) is 140 Å². The van der Waals surface area contributed by atoms with Crippen LogP contribution in [0.3, 0.4) is 0 Å². The number of benzene rings is 3. The molecule has 208 valence electrons. The van der Waals surface area contributed by atoms with Crippen molar-refractivity contribution in [3.8, 4) is 33.8 Å². The molecule has 3 aromatic heterocycles. The van der Waals surface area contributed by atoms with Crippen LogP contribution in [0, 0.1) is 18.2 Å². The van der Waals surface area contributed by atoms with Crippen LogP contribution in [0.25, 0.3) is 33.8 Å². The molecule has 0 amide bonds. The van der Waals surface area contributed by atoms with Crippen LogP contribution >= 0.6 is 0 Å². The quantitative estimate of drug-likeness (QED) is 0.135. The van der Waals surface area contributed by atoms with Gasteiger partial charge in [-0.3, -0.25) is 4.79 Å². The van der Waals surface area contributed by atoms with Crippen molar-refractivity contribution in [2.45, 2.75) is 13.5 Å². The van der Waals surface area contributed by atoms with Gasteiger partial charge in [0.15, 0.2) is 0 Å². The van der Waals surface area contributed by atoms with Crippen molar-refractivity contribution in [2.24, 2.45) is 0 Å². The molecule has 0 unspecified atom stereocenters. The summed E-state index contributed by atoms with van der Waals surface area (Å²) in [4.78, 5) is 23.3. The van der Waals surface area contributed by atoms with Crippen LogP contribution in [0.1, 0.15) is 12.5 Å². The van der Waals surface area contributed by atoms with Crippen molar-refractivity contribution in [3.63, 3.8) is 0 Å². The van der Waals surface area contributed by atoms with Gasteiger partial charge in [-0.25, -0.2) is 0 Å². The average Bonchev–Trinajstić information content (AvgIpc) is 3.07. The molecule has 0 radical (unpaired) electrons. The summed E-state index contributed by atoms with van der Waals surface area (Å²) in [6.07, 6.45) is 5.32. The van der Waals surface area contributed by atoms with E-state index in [1.807, 2.05) is 121 Å². The minimum absolute atomic E-state index is 0. The topological polar surface area (TPSA) is 65.0 Å². The number of hydrogen-bond acceptors (Lipinski definition) is 5. The molecule has 6 aromatic rings. The van der Waals surface area contributed by atoms with Crippen LogP contribution in [0.5, 0.6) is 0 Å². The smallest absolute Gasteiger partial charge is 0.471 e. The van der Waals surface area contributed by atoms with Crippen molar-refractivity contribution in [3.05, 3.63) is 164 Å². The van der Waals surface area contributed by atoms with Gasteiger partial charge in [-0.05, 0) is 35.3 Å². The van der Waals surface area contributed by atoms with Gasteiger partial charge < -0.3 is 19.7 Å². The molecule has 3 heterocycles. The number of carbonyl (C=O) groups excluding carboxylic acids is 1. The molecule has 0 aliphatic rings. The number of hydrogen-bond donors (Lipinski definition) is 0. The summed E-state index contributed by atoms with van der Waals surface area (Å²) in [5.41, 5.74) is 6.75. The Hall–Kier alpha value is -4.77. The minimum atomic E-state index is -0.279. The Morgan fingerprint density at radius 3 is 1.38 bits per heavy atom. The molecule has 0 fully saturated rings. The van der Waals surface area contributed by atoms with Crippen molar-refractivity contribution < 1.29 is 29.6 Å². The monoisotopic (exact) mass is 727 g/mol. The second-order valence-corrected chi connectivity index (χ2v) is 8.59. The van der Waals surface area contributed by atoms with E-state index >= 15 is 0 Å². The van der Waals surface area contributed by atoms with Crippen LogP contribution in [-0.4, -0.2) is 20.9 Å². The third-order valence-electron chi connectivity index (χ3n) is 5.56. The number of aromatic nitrogens is 3. The first-order valence-electron chi connectivity index (χ1n) is 13.0. The zero-order valence-corrected chi connectivity index (χ0v) is 25.4. The van der Waals surface area contributed by atoms with Gasteiger partial charge in [-0.15, -0.1) is 102 Å². The molecule has 0 saturated carbocycles. The molecule has 3 aromatic carbocycles. The molecule has 42 heavy (non-hydrogen) atoms. The molecular formula is C36H28IrN3O2. The van der Waals surface area contributed by atoms with Crippen LogP contribution < -0.4 is 0 Å². The molecule has 0 bridgehead atoms. The molecule has 0 saturated heterocycles. The van der Waals surface area contributed by atoms with Crippen LogP contribution in [0.2, 0.25) is 0 Å². The first kappa shape index (κ1) is 31.8. The van der Waals surface area contributed by atoms with Gasteiger partial charge in [0.25, 0.3) is 0 Å². The van der Waals surface area contributed by atoms with Crippen LogP contribution in [0.4, 0.5) is 0 Å². The van der Waals surface area contributed by atoms with E-state index < -0.39 is 0 Å². The minimum Gasteiger partial charge on any atom is -0.471 e. The molecule has 6 rings (SSSR count). The Kier molecular flexibility index (Phi) is 13.5. The summed E-state index contributed by atoms with van der Waals surface area (Å²) in [5, 5.41) is 0. The van der Waals surface area contributed by atoms with Gasteiger partial charge in [-0.1, -0.05) is 42.0 Å². The largest absolute Gasteiger partial charge is 3.00 e. The van der Waals surface area contributed by atoms with Gasteiger partial charge in [0, 0.05) is 25.5 Å². The van der Waals surface area contributed by atoms with Crippen molar-refractivity contribution in [1.29, 1.82) is 0 Å². The summed E-state index contributed by atoms with van der Waals surface area (Å²) in [5.74, 6) is -0.279. The number of carbonyl (C=O) groups is 1. The fourth-order valence-electron chi connectivity index (χ4n) is 3.56. The summed E-state index contributed by atoms with van der Waals surface area (Å²) >= 11 is 0. The van der Waals surface area contributed by atoms with Gasteiger partial charge in [-0.2, -0.15) is 0 Å². The van der Waals surface area contributed by atoms with Crippen molar-refractivity contribution >= 4 is 5.97 Å². The van der Waals surface area contributed by atoms with E-state index in [1.54, 1.807) is 18.6 Å². The van der Waals surface area contributed by atoms with E-state index in [0.717, 1.165) is 39.3 Å². The zero-order chi connectivity index (χ0) is 28.5. The molecule has 5 nitrogen and oxygen atoms in total. The summed E-state index contributed by atoms with van der Waals surface area (Å²) in [6, 6.07) is 48.1. The molecule has 0 aliphatic carbocycles. The van der Waals surface area contributed by atoms with Gasteiger partial charge in [0.2, 0.25) is 0 Å². The van der Waals surface area contributed by atoms with E-state index in [-0.39, 0.29) is 32.7 Å². The maximum Gasteiger partial charge on any atom is 3.00 e. The van der Waals surface area contributed by atoms with E-state index in [2.05, 4.69) is 33.2 Å². The average molecular weight is 727 g/mol. The van der Waals surface area contributed by atoms with Crippen LogP contribution in [-0.2, 0) is 36.2 Å². The molecule has 0 spiro atoms. The van der Waals surface area contributed by atoms with E-state index in [1.165, 1.54) is 6.92 Å². The number of pyridine rings is 3. The number of esters is 1. The number of nitrogens with zero attached hydrogens (tertiary/aromatic N) is 3. The van der Waals surface area contributed by atoms with Gasteiger partial charge >= 0.3 is 26.1 Å². The molecule has 6 heteroatoms. The summed E-state index contributed by atoms with van der Waals surface area (Å²) < 4.78 is 4.90. The summed E-state index contributed by atoms with van der Waals surface area (Å²) in [7, 11) is 0. The van der Waals surface area contributed by atoms with Gasteiger partial charge in [0.05, 0.1) is 6.61 Å². The van der Waals surface area contributed by atoms with Gasteiger partial charge in [0.1, 0.15) is 0 Å². The fourth-order valence-corrected chi connectivity index (χ4v) is 3.56. The fraction of sp³-hybridized carbons (Fsp3) is 0.0556. The molecule has 0 N–H and O–H groups in total. The Balaban J connectivity index is 0.000000175. The summed E-state index contributed by atoms with van der Waals surface area (Å²) in [6.45, 7) is 1.68. The number of rotatable bonds is 5. The zero-order valence-electron chi connectivity index (χ0n) is 23.0. The Bertz CT molecular complexity index is 1420. The first-order valence-corrected chi connectivity index (χ1v) is 13.0. The SMILES string of the molecule is CC(=O)OCc1c[c-]c(-c2ccccn2)cc1.[Ir+3].[c-]1ccccc1-c1ccccn1.[c-]1ccccc1-c1ccccn1. The maximum absolute atomic E-state index is 10.7. The van der Waals surface area contributed by atoms with E-state index in [0.29, 0.717) is 0 Å². The molecule has 0 atom stereocenters. The first-order chi connectivity index (χ1) is 20.2. The number of ether oxygens (including phenoxy) is 1. The third kappa shape index (κ3) is 10.7. The van der Waals surface area contributed by atoms with E-state index in [4.69, 9.17) is 4.74 Å². The maximum atomic E-state index is 10.7. The van der Waals surface area contributed by atoms with E-state index in [9.17, 15) is 4.79 Å². The predicted molar refractivity (Wildman–Crippen MR) is 161 cm³/mol. The van der Waals surface area contributed by atoms with Crippen molar-refractivity contribution in [1.82, 2.24) is 15.0 Å². The molecular weight excluding hydrogens is 699 g/mol. The van der Waals surface area contributed by atoms with Crippen molar-refractivity contribution in [2.75, 3.05) is 0 Å². The Labute approximate surface area is 260 Å². The second-order valence-electron chi connectivity index (χ2n) is 8.59. The standard InChI is InChI=1S/C14H12NO2.2C11H8N.Ir/c1-11(16)17-10-12-5-7-13(8-6-12)14-4-2-3-9-15-14;2*1-2-6-10(7-3-1)11-8-4-5-9-12-11;/h2-7,9H,10H2,1H3;2*1-6,8-9H;/q3*-1;+3.